The van der Waals surface area contributed by atoms with Crippen LogP contribution in [0, 0.1) is 0 Å². The van der Waals surface area contributed by atoms with Crippen molar-refractivity contribution >= 4 is 22.4 Å². The highest BCUT2D eigenvalue weighted by atomic mass is 32.1. The molecule has 2 heterocycles. The van der Waals surface area contributed by atoms with Crippen molar-refractivity contribution in [2.24, 2.45) is 0 Å². The highest BCUT2D eigenvalue weighted by Gasteiger charge is 2.17. The molecule has 0 atom stereocenters. The Kier molecular flexibility index (Phi) is 4.01. The summed E-state index contributed by atoms with van der Waals surface area (Å²) >= 11 is 1.23. The van der Waals surface area contributed by atoms with Crippen LogP contribution in [-0.2, 0) is 6.54 Å². The Hall–Kier alpha value is -2.48. The van der Waals surface area contributed by atoms with Gasteiger partial charge < -0.3 is 25.3 Å². The lowest BCUT2D eigenvalue weighted by Crippen LogP contribution is -2.24. The van der Waals surface area contributed by atoms with Gasteiger partial charge in [0.25, 0.3) is 5.91 Å². The lowest BCUT2D eigenvalue weighted by atomic mass is 10.1. The van der Waals surface area contributed by atoms with E-state index in [-0.39, 0.29) is 12.5 Å². The van der Waals surface area contributed by atoms with Crippen LogP contribution in [0.1, 0.15) is 16.1 Å². The Morgan fingerprint density at radius 2 is 2.14 bits per heavy atom. The number of nitrogen functional groups attached to an aromatic ring is 1. The topological polar surface area (TPSA) is 95.7 Å². The predicted octanol–water partition coefficient (Wildman–Crippen LogP) is 1.44. The quantitative estimate of drug-likeness (QED) is 0.884. The maximum Gasteiger partial charge on any atom is 0.271 e. The van der Waals surface area contributed by atoms with Crippen molar-refractivity contribution in [3.8, 4) is 17.2 Å². The Labute approximate surface area is 131 Å². The molecule has 0 spiro atoms. The third kappa shape index (κ3) is 2.91. The first-order valence-corrected chi connectivity index (χ1v) is 7.51. The van der Waals surface area contributed by atoms with Crippen LogP contribution < -0.4 is 25.3 Å². The molecule has 2 aromatic rings. The molecule has 8 heteroatoms. The normalized spacial score (nSPS) is 12.8. The number of nitrogens with two attached hydrogens (primary N) is 1. The molecule has 1 aromatic heterocycles. The molecule has 0 bridgehead atoms. The molecule has 1 aliphatic rings. The monoisotopic (exact) mass is 321 g/mol. The molecule has 0 fully saturated rings. The van der Waals surface area contributed by atoms with E-state index in [0.29, 0.717) is 41.3 Å². The average Bonchev–Trinajstić information content (AvgIpc) is 2.98. The largest absolute Gasteiger partial charge is 0.496 e. The number of carbonyl (C=O) groups is 1. The number of hydrogen-bond donors (Lipinski definition) is 2. The van der Waals surface area contributed by atoms with Crippen LogP contribution in [-0.4, -0.2) is 31.2 Å². The molecule has 1 aliphatic heterocycles. The number of aromatic nitrogens is 1. The molecular weight excluding hydrogens is 306 g/mol. The number of carbonyl (C=O) groups excluding carboxylic acids is 1. The zero-order valence-corrected chi connectivity index (χ0v) is 12.7. The molecule has 1 amide bonds. The second kappa shape index (κ2) is 6.10. The third-order valence-corrected chi connectivity index (χ3v) is 3.81. The van der Waals surface area contributed by atoms with Gasteiger partial charge in [-0.25, -0.2) is 4.98 Å². The van der Waals surface area contributed by atoms with Crippen molar-refractivity contribution < 1.29 is 19.0 Å². The first kappa shape index (κ1) is 14.5. The van der Waals surface area contributed by atoms with E-state index in [1.165, 1.54) is 11.3 Å². The first-order valence-electron chi connectivity index (χ1n) is 6.63. The summed E-state index contributed by atoms with van der Waals surface area (Å²) in [5, 5.41) is 4.76. The maximum absolute atomic E-state index is 12.0. The highest BCUT2D eigenvalue weighted by molar-refractivity contribution is 7.13. The average molecular weight is 321 g/mol. The molecular formula is C14H15N3O4S. The van der Waals surface area contributed by atoms with Crippen LogP contribution in [0.2, 0.25) is 0 Å². The van der Waals surface area contributed by atoms with E-state index in [1.807, 2.05) is 6.07 Å². The fraction of sp³-hybridized carbons (Fsp3) is 0.286. The molecule has 0 unspecified atom stereocenters. The van der Waals surface area contributed by atoms with Crippen LogP contribution in [0.4, 0.5) is 5.13 Å². The summed E-state index contributed by atoms with van der Waals surface area (Å²) in [6.45, 7) is 1.30. The van der Waals surface area contributed by atoms with Gasteiger partial charge in [-0.1, -0.05) is 0 Å². The van der Waals surface area contributed by atoms with Crippen molar-refractivity contribution in [2.75, 3.05) is 26.1 Å². The second-order valence-corrected chi connectivity index (χ2v) is 5.45. The number of fused-ring (bicyclic) bond motifs is 1. The summed E-state index contributed by atoms with van der Waals surface area (Å²) < 4.78 is 16.4. The smallest absolute Gasteiger partial charge is 0.271 e. The fourth-order valence-electron chi connectivity index (χ4n) is 2.10. The molecule has 3 N–H and O–H groups in total. The molecule has 22 heavy (non-hydrogen) atoms. The van der Waals surface area contributed by atoms with Crippen LogP contribution in [0.15, 0.2) is 17.5 Å². The molecule has 7 nitrogen and oxygen atoms in total. The molecule has 116 valence electrons. The minimum Gasteiger partial charge on any atom is -0.496 e. The Morgan fingerprint density at radius 3 is 2.77 bits per heavy atom. The van der Waals surface area contributed by atoms with E-state index in [4.69, 9.17) is 19.9 Å². The zero-order valence-electron chi connectivity index (χ0n) is 11.9. The van der Waals surface area contributed by atoms with Crippen LogP contribution >= 0.6 is 11.3 Å². The van der Waals surface area contributed by atoms with Crippen molar-refractivity contribution in [1.82, 2.24) is 10.3 Å². The Morgan fingerprint density at radius 1 is 1.41 bits per heavy atom. The lowest BCUT2D eigenvalue weighted by Gasteiger charge is -2.20. The standard InChI is InChI=1S/C14H15N3O4S/c1-19-10-5-12-11(20-2-3-21-12)4-8(10)6-16-13(18)9-7-22-14(15)17-9/h4-5,7H,2-3,6H2,1H3,(H2,15,17)(H,16,18). The molecule has 0 radical (unpaired) electrons. The van der Waals surface area contributed by atoms with E-state index in [1.54, 1.807) is 18.6 Å². The highest BCUT2D eigenvalue weighted by Crippen LogP contribution is 2.36. The summed E-state index contributed by atoms with van der Waals surface area (Å²) in [4.78, 5) is 15.9. The number of amides is 1. The van der Waals surface area contributed by atoms with Gasteiger partial charge in [-0.05, 0) is 6.07 Å². The number of hydrogen-bond acceptors (Lipinski definition) is 7. The van der Waals surface area contributed by atoms with Gasteiger partial charge >= 0.3 is 0 Å². The van der Waals surface area contributed by atoms with E-state index < -0.39 is 0 Å². The molecule has 0 aliphatic carbocycles. The summed E-state index contributed by atoms with van der Waals surface area (Å²) in [6, 6.07) is 3.57. The van der Waals surface area contributed by atoms with E-state index in [0.717, 1.165) is 5.56 Å². The third-order valence-electron chi connectivity index (χ3n) is 3.14. The van der Waals surface area contributed by atoms with Gasteiger partial charge in [0.05, 0.1) is 7.11 Å². The predicted molar refractivity (Wildman–Crippen MR) is 81.7 cm³/mol. The minimum absolute atomic E-state index is 0.287. The number of ether oxygens (including phenoxy) is 3. The number of rotatable bonds is 4. The Bertz CT molecular complexity index is 701. The summed E-state index contributed by atoms with van der Waals surface area (Å²) in [6.07, 6.45) is 0. The number of nitrogens with zero attached hydrogens (tertiary/aromatic N) is 1. The zero-order chi connectivity index (χ0) is 15.5. The van der Waals surface area contributed by atoms with Gasteiger partial charge in [-0.3, -0.25) is 4.79 Å². The molecule has 1 aromatic carbocycles. The maximum atomic E-state index is 12.0. The van der Waals surface area contributed by atoms with Crippen LogP contribution in [0.25, 0.3) is 0 Å². The number of methoxy groups -OCH3 is 1. The van der Waals surface area contributed by atoms with Gasteiger partial charge in [-0.2, -0.15) is 0 Å². The van der Waals surface area contributed by atoms with E-state index in [2.05, 4.69) is 10.3 Å². The summed E-state index contributed by atoms with van der Waals surface area (Å²) in [5.74, 6) is 1.63. The second-order valence-electron chi connectivity index (χ2n) is 4.56. The van der Waals surface area contributed by atoms with Crippen molar-refractivity contribution in [2.45, 2.75) is 6.54 Å². The minimum atomic E-state index is -0.287. The number of anilines is 1. The van der Waals surface area contributed by atoms with Crippen LogP contribution in [0.3, 0.4) is 0 Å². The number of benzene rings is 1. The number of nitrogens with one attached hydrogen (secondary N) is 1. The summed E-state index contributed by atoms with van der Waals surface area (Å²) in [7, 11) is 1.57. The van der Waals surface area contributed by atoms with E-state index in [9.17, 15) is 4.79 Å². The lowest BCUT2D eigenvalue weighted by molar-refractivity contribution is 0.0946. The van der Waals surface area contributed by atoms with Crippen molar-refractivity contribution in [1.29, 1.82) is 0 Å². The summed E-state index contributed by atoms with van der Waals surface area (Å²) in [5.41, 5.74) is 6.62. The molecule has 3 rings (SSSR count). The van der Waals surface area contributed by atoms with Gasteiger partial charge in [0.1, 0.15) is 24.7 Å². The van der Waals surface area contributed by atoms with Gasteiger partial charge in [0.15, 0.2) is 16.6 Å². The Balaban J connectivity index is 1.75. The van der Waals surface area contributed by atoms with Crippen molar-refractivity contribution in [3.05, 3.63) is 28.8 Å². The van der Waals surface area contributed by atoms with Gasteiger partial charge in [0, 0.05) is 23.6 Å². The van der Waals surface area contributed by atoms with Crippen LogP contribution in [0.5, 0.6) is 17.2 Å². The first-order chi connectivity index (χ1) is 10.7. The number of thiazole rings is 1. The molecule has 0 saturated heterocycles. The van der Waals surface area contributed by atoms with Gasteiger partial charge in [0.2, 0.25) is 0 Å². The van der Waals surface area contributed by atoms with Gasteiger partial charge in [-0.15, -0.1) is 11.3 Å². The van der Waals surface area contributed by atoms with E-state index >= 15 is 0 Å². The fourth-order valence-corrected chi connectivity index (χ4v) is 2.64. The molecule has 0 saturated carbocycles. The SMILES string of the molecule is COc1cc2c(cc1CNC(=O)c1csc(N)n1)OCCO2. The van der Waals surface area contributed by atoms with Crippen molar-refractivity contribution in [3.63, 3.8) is 0 Å².